The lowest BCUT2D eigenvalue weighted by Crippen LogP contribution is -2.33. The molecule has 2 aliphatic heterocycles. The summed E-state index contributed by atoms with van der Waals surface area (Å²) >= 11 is 2.14. The minimum Gasteiger partial charge on any atom is -0.497 e. The fourth-order valence-corrected chi connectivity index (χ4v) is 8.28. The Morgan fingerprint density at radius 3 is 2.27 bits per heavy atom. The molecule has 3 aromatic carbocycles. The summed E-state index contributed by atoms with van der Waals surface area (Å²) in [6.45, 7) is 1.68. The average Bonchev–Trinajstić information content (AvgIpc) is 3.48. The van der Waals surface area contributed by atoms with Crippen molar-refractivity contribution in [3.8, 4) is 5.75 Å². The van der Waals surface area contributed by atoms with E-state index in [0.717, 1.165) is 28.7 Å². The fourth-order valence-electron chi connectivity index (χ4n) is 5.51. The molecule has 44 heavy (non-hydrogen) atoms. The molecule has 0 aliphatic carbocycles. The molecule has 2 aliphatic rings. The van der Waals surface area contributed by atoms with Gasteiger partial charge < -0.3 is 14.8 Å². The van der Waals surface area contributed by atoms with Gasteiger partial charge in [-0.2, -0.15) is 0 Å². The molecule has 10 nitrogen and oxygen atoms in total. The van der Waals surface area contributed by atoms with E-state index in [-0.39, 0.29) is 29.8 Å². The molecule has 1 aromatic heterocycles. The standard InChI is InChI=1S/C32H27N3O7S2/c1-3-42-31(39)19-9-11-20(12-10-19)33-23(36)17-34-30-27(44-32(34)40)24(18-7-5-4-6-8-18)25-26(43-30)29(38)35(28(25)37)21-13-15-22(41-2)16-14-21/h4-16,24-26H,3,17H2,1-2H3,(H,33,36)/t24-,25?,26?/m1/s1. The van der Waals surface area contributed by atoms with Crippen LogP contribution in [-0.4, -0.2) is 47.2 Å². The second-order valence-corrected chi connectivity index (χ2v) is 12.3. The number of hydrogen-bond acceptors (Lipinski definition) is 9. The molecule has 6 rings (SSSR count). The molecule has 3 amide bonds. The highest BCUT2D eigenvalue weighted by atomic mass is 32.2. The molecule has 1 N–H and O–H groups in total. The smallest absolute Gasteiger partial charge is 0.338 e. The van der Waals surface area contributed by atoms with Gasteiger partial charge in [0.15, 0.2) is 0 Å². The number of carbonyl (C=O) groups excluding carboxylic acids is 4. The maximum Gasteiger partial charge on any atom is 0.338 e. The number of rotatable bonds is 8. The second-order valence-electron chi connectivity index (χ2n) is 10.1. The number of imide groups is 1. The van der Waals surface area contributed by atoms with Crippen LogP contribution in [-0.2, 0) is 25.7 Å². The van der Waals surface area contributed by atoms with Crippen LogP contribution < -0.4 is 19.8 Å². The Balaban J connectivity index is 1.31. The Labute approximate surface area is 260 Å². The molecular formula is C32H27N3O7S2. The highest BCUT2D eigenvalue weighted by molar-refractivity contribution is 8.00. The summed E-state index contributed by atoms with van der Waals surface area (Å²) in [5.41, 5.74) is 2.05. The van der Waals surface area contributed by atoms with Gasteiger partial charge in [0.1, 0.15) is 17.5 Å². The third kappa shape index (κ3) is 5.31. The van der Waals surface area contributed by atoms with Gasteiger partial charge in [0.25, 0.3) is 0 Å². The molecule has 0 saturated carbocycles. The first kappa shape index (κ1) is 29.4. The van der Waals surface area contributed by atoms with Crippen LogP contribution in [0.2, 0.25) is 0 Å². The number of nitrogens with one attached hydrogen (secondary N) is 1. The number of hydrogen-bond donors (Lipinski definition) is 1. The summed E-state index contributed by atoms with van der Waals surface area (Å²) in [5, 5.41) is 2.47. The number of anilines is 2. The van der Waals surface area contributed by atoms with Gasteiger partial charge in [-0.15, -0.1) is 0 Å². The first-order chi connectivity index (χ1) is 21.3. The number of carbonyl (C=O) groups is 4. The summed E-state index contributed by atoms with van der Waals surface area (Å²) in [5.74, 6) is -2.31. The zero-order valence-electron chi connectivity index (χ0n) is 23.7. The third-order valence-electron chi connectivity index (χ3n) is 7.52. The lowest BCUT2D eigenvalue weighted by atomic mass is 9.83. The predicted molar refractivity (Wildman–Crippen MR) is 167 cm³/mol. The third-order valence-corrected chi connectivity index (χ3v) is 10.1. The minimum absolute atomic E-state index is 0.251. The molecule has 0 spiro atoms. The van der Waals surface area contributed by atoms with Crippen molar-refractivity contribution in [3.63, 3.8) is 0 Å². The number of benzene rings is 3. The Hall–Kier alpha value is -4.68. The number of ether oxygens (including phenoxy) is 2. The monoisotopic (exact) mass is 629 g/mol. The van der Waals surface area contributed by atoms with Gasteiger partial charge in [-0.25, -0.2) is 9.69 Å². The van der Waals surface area contributed by atoms with Crippen molar-refractivity contribution < 1.29 is 28.7 Å². The molecule has 12 heteroatoms. The van der Waals surface area contributed by atoms with Gasteiger partial charge in [0.05, 0.1) is 35.9 Å². The minimum atomic E-state index is -0.791. The number of esters is 1. The molecule has 3 atom stereocenters. The van der Waals surface area contributed by atoms with Crippen LogP contribution in [0.15, 0.2) is 88.7 Å². The number of aromatic nitrogens is 1. The Morgan fingerprint density at radius 2 is 1.61 bits per heavy atom. The number of thioether (sulfide) groups is 1. The van der Waals surface area contributed by atoms with E-state index in [4.69, 9.17) is 9.47 Å². The van der Waals surface area contributed by atoms with Crippen LogP contribution in [0.4, 0.5) is 11.4 Å². The molecule has 4 aromatic rings. The lowest BCUT2D eigenvalue weighted by molar-refractivity contribution is -0.122. The van der Waals surface area contributed by atoms with Crippen molar-refractivity contribution >= 4 is 58.2 Å². The van der Waals surface area contributed by atoms with E-state index in [2.05, 4.69) is 5.32 Å². The molecule has 2 unspecified atom stereocenters. The number of methoxy groups -OCH3 is 1. The molecule has 224 valence electrons. The quantitative estimate of drug-likeness (QED) is 0.223. The highest BCUT2D eigenvalue weighted by Crippen LogP contribution is 2.53. The maximum atomic E-state index is 14.0. The van der Waals surface area contributed by atoms with Gasteiger partial charge in [0.2, 0.25) is 17.7 Å². The first-order valence-corrected chi connectivity index (χ1v) is 15.5. The Kier molecular flexibility index (Phi) is 8.11. The molecule has 0 radical (unpaired) electrons. The summed E-state index contributed by atoms with van der Waals surface area (Å²) < 4.78 is 11.6. The second kappa shape index (κ2) is 12.1. The van der Waals surface area contributed by atoms with Gasteiger partial charge >= 0.3 is 10.8 Å². The number of fused-ring (bicyclic) bond motifs is 2. The molecular weight excluding hydrogens is 603 g/mol. The molecule has 3 heterocycles. The summed E-state index contributed by atoms with van der Waals surface area (Å²) in [4.78, 5) is 67.7. The highest BCUT2D eigenvalue weighted by Gasteiger charge is 2.56. The van der Waals surface area contributed by atoms with Crippen LogP contribution >= 0.6 is 23.1 Å². The van der Waals surface area contributed by atoms with Crippen molar-refractivity contribution in [2.24, 2.45) is 5.92 Å². The van der Waals surface area contributed by atoms with Crippen LogP contribution in [0.25, 0.3) is 0 Å². The molecule has 0 bridgehead atoms. The lowest BCUT2D eigenvalue weighted by Gasteiger charge is -2.30. The van der Waals surface area contributed by atoms with Crippen molar-refractivity contribution in [3.05, 3.63) is 105 Å². The van der Waals surface area contributed by atoms with Crippen molar-refractivity contribution in [1.82, 2.24) is 4.57 Å². The van der Waals surface area contributed by atoms with E-state index < -0.39 is 29.0 Å². The maximum absolute atomic E-state index is 14.0. The van der Waals surface area contributed by atoms with Gasteiger partial charge in [-0.3, -0.25) is 23.7 Å². The first-order valence-electron chi connectivity index (χ1n) is 13.8. The number of amides is 3. The van der Waals surface area contributed by atoms with E-state index in [9.17, 15) is 24.0 Å². The zero-order chi connectivity index (χ0) is 31.0. The van der Waals surface area contributed by atoms with Crippen molar-refractivity contribution in [2.75, 3.05) is 23.9 Å². The number of thiazole rings is 1. The van der Waals surface area contributed by atoms with Crippen LogP contribution in [0.3, 0.4) is 0 Å². The normalized spacial score (nSPS) is 18.9. The summed E-state index contributed by atoms with van der Waals surface area (Å²) in [6, 6.07) is 22.3. The fraction of sp³-hybridized carbons (Fsp3) is 0.219. The average molecular weight is 630 g/mol. The Morgan fingerprint density at radius 1 is 0.909 bits per heavy atom. The van der Waals surface area contributed by atoms with Crippen molar-refractivity contribution in [1.29, 1.82) is 0 Å². The Bertz CT molecular complexity index is 1800. The largest absolute Gasteiger partial charge is 0.497 e. The van der Waals surface area contributed by atoms with E-state index in [1.54, 1.807) is 55.5 Å². The SMILES string of the molecule is CCOC(=O)c1ccc(NC(=O)Cn2c3c(sc2=O)[C@H](c2ccccc2)C2C(=O)N(c4ccc(OC)cc4)C(=O)C2S3)cc1. The van der Waals surface area contributed by atoms with Gasteiger partial charge in [-0.05, 0) is 61.0 Å². The molecule has 1 fully saturated rings. The van der Waals surface area contributed by atoms with Crippen LogP contribution in [0.1, 0.15) is 33.6 Å². The molecule has 1 saturated heterocycles. The number of nitrogens with zero attached hydrogens (tertiary/aromatic N) is 2. The van der Waals surface area contributed by atoms with E-state index in [0.29, 0.717) is 32.6 Å². The van der Waals surface area contributed by atoms with E-state index in [1.807, 2.05) is 30.3 Å². The summed E-state index contributed by atoms with van der Waals surface area (Å²) in [6.07, 6.45) is 0. The van der Waals surface area contributed by atoms with Gasteiger partial charge in [-0.1, -0.05) is 53.4 Å². The summed E-state index contributed by atoms with van der Waals surface area (Å²) in [7, 11) is 1.54. The predicted octanol–water partition coefficient (Wildman–Crippen LogP) is 4.53. The van der Waals surface area contributed by atoms with Crippen LogP contribution in [0.5, 0.6) is 5.75 Å². The zero-order valence-corrected chi connectivity index (χ0v) is 25.4. The topological polar surface area (TPSA) is 124 Å². The van der Waals surface area contributed by atoms with Gasteiger partial charge in [0, 0.05) is 16.5 Å². The van der Waals surface area contributed by atoms with Crippen molar-refractivity contribution in [2.45, 2.75) is 29.7 Å². The van der Waals surface area contributed by atoms with E-state index >= 15 is 0 Å². The van der Waals surface area contributed by atoms with E-state index in [1.165, 1.54) is 16.6 Å². The van der Waals surface area contributed by atoms with Crippen LogP contribution in [0, 0.1) is 5.92 Å².